The van der Waals surface area contributed by atoms with E-state index in [4.69, 9.17) is 0 Å². The van der Waals surface area contributed by atoms with Crippen LogP contribution in [0, 0.1) is 0 Å². The second kappa shape index (κ2) is 6.69. The molecule has 0 aliphatic carbocycles. The smallest absolute Gasteiger partial charge is 0.244 e. The van der Waals surface area contributed by atoms with E-state index in [1.807, 2.05) is 36.4 Å². The number of benzene rings is 1. The molecule has 2 aromatic rings. The number of hydrogen-bond donors (Lipinski definition) is 1. The van der Waals surface area contributed by atoms with E-state index in [0.29, 0.717) is 0 Å². The summed E-state index contributed by atoms with van der Waals surface area (Å²) >= 11 is 0. The molecule has 0 radical (unpaired) electrons. The third-order valence-corrected chi connectivity index (χ3v) is 2.91. The van der Waals surface area contributed by atoms with Gasteiger partial charge in [-0.3, -0.25) is 9.78 Å². The summed E-state index contributed by atoms with van der Waals surface area (Å²) in [6, 6.07) is 9.87. The summed E-state index contributed by atoms with van der Waals surface area (Å²) in [6.45, 7) is 2.83. The molecule has 1 aromatic heterocycles. The van der Waals surface area contributed by atoms with Gasteiger partial charge in [0.1, 0.15) is 0 Å². The van der Waals surface area contributed by atoms with Crippen molar-refractivity contribution < 1.29 is 4.79 Å². The van der Waals surface area contributed by atoms with E-state index in [-0.39, 0.29) is 5.91 Å². The minimum absolute atomic E-state index is 0.0543. The molecule has 0 saturated heterocycles. The van der Waals surface area contributed by atoms with Gasteiger partial charge in [-0.05, 0) is 18.6 Å². The van der Waals surface area contributed by atoms with Gasteiger partial charge in [0.15, 0.2) is 0 Å². The lowest BCUT2D eigenvalue weighted by atomic mass is 10.1. The predicted octanol–water partition coefficient (Wildman–Crippen LogP) is 3.16. The second-order valence-electron chi connectivity index (χ2n) is 4.40. The normalized spacial score (nSPS) is 11.0. The highest BCUT2D eigenvalue weighted by molar-refractivity contribution is 5.95. The third kappa shape index (κ3) is 3.65. The van der Waals surface area contributed by atoms with Crippen molar-refractivity contribution in [2.45, 2.75) is 19.8 Å². The van der Waals surface area contributed by atoms with Crippen molar-refractivity contribution in [2.75, 3.05) is 6.54 Å². The van der Waals surface area contributed by atoms with Crippen LogP contribution in [0.2, 0.25) is 0 Å². The van der Waals surface area contributed by atoms with Gasteiger partial charge in [-0.2, -0.15) is 0 Å². The standard InChI is InChI=1S/C16H18N2O/c1-2-3-11-17-15(19)10-9-14-7-4-6-13-8-5-12-18-16(13)14/h4-10,12H,2-3,11H2,1H3,(H,17,19)/b10-9+. The van der Waals surface area contributed by atoms with E-state index in [1.165, 1.54) is 0 Å². The monoisotopic (exact) mass is 254 g/mol. The first-order valence-electron chi connectivity index (χ1n) is 6.61. The van der Waals surface area contributed by atoms with E-state index in [9.17, 15) is 4.79 Å². The maximum absolute atomic E-state index is 11.6. The van der Waals surface area contributed by atoms with Crippen LogP contribution in [-0.4, -0.2) is 17.4 Å². The molecule has 0 bridgehead atoms. The summed E-state index contributed by atoms with van der Waals surface area (Å²) in [5.41, 5.74) is 1.88. The first-order valence-corrected chi connectivity index (χ1v) is 6.61. The van der Waals surface area contributed by atoms with Crippen LogP contribution >= 0.6 is 0 Å². The molecule has 0 unspecified atom stereocenters. The van der Waals surface area contributed by atoms with Crippen LogP contribution in [0.15, 0.2) is 42.6 Å². The molecule has 3 nitrogen and oxygen atoms in total. The molecule has 0 aliphatic heterocycles. The van der Waals surface area contributed by atoms with E-state index in [1.54, 1.807) is 12.3 Å². The van der Waals surface area contributed by atoms with Gasteiger partial charge in [0.05, 0.1) is 5.52 Å². The molecule has 1 N–H and O–H groups in total. The van der Waals surface area contributed by atoms with E-state index < -0.39 is 0 Å². The number of para-hydroxylation sites is 1. The van der Waals surface area contributed by atoms with Gasteiger partial charge < -0.3 is 5.32 Å². The average molecular weight is 254 g/mol. The van der Waals surface area contributed by atoms with Crippen molar-refractivity contribution in [1.29, 1.82) is 0 Å². The Hall–Kier alpha value is -2.16. The van der Waals surface area contributed by atoms with Gasteiger partial charge >= 0.3 is 0 Å². The Morgan fingerprint density at radius 2 is 2.16 bits per heavy atom. The summed E-state index contributed by atoms with van der Waals surface area (Å²) in [6.07, 6.45) is 7.24. The average Bonchev–Trinajstić information content (AvgIpc) is 2.45. The van der Waals surface area contributed by atoms with Gasteiger partial charge in [0, 0.05) is 29.8 Å². The maximum atomic E-state index is 11.6. The van der Waals surface area contributed by atoms with Crippen LogP contribution in [0.1, 0.15) is 25.3 Å². The van der Waals surface area contributed by atoms with E-state index >= 15 is 0 Å². The number of carbonyl (C=O) groups is 1. The second-order valence-corrected chi connectivity index (χ2v) is 4.40. The fraction of sp³-hybridized carbons (Fsp3) is 0.250. The fourth-order valence-corrected chi connectivity index (χ4v) is 1.88. The lowest BCUT2D eigenvalue weighted by molar-refractivity contribution is -0.116. The van der Waals surface area contributed by atoms with Crippen molar-refractivity contribution in [3.63, 3.8) is 0 Å². The van der Waals surface area contributed by atoms with Crippen molar-refractivity contribution >= 4 is 22.9 Å². The topological polar surface area (TPSA) is 42.0 Å². The van der Waals surface area contributed by atoms with Gasteiger partial charge in [-0.25, -0.2) is 0 Å². The zero-order valence-corrected chi connectivity index (χ0v) is 11.1. The molecule has 1 heterocycles. The SMILES string of the molecule is CCCCNC(=O)/C=C/c1cccc2cccnc12. The van der Waals surface area contributed by atoms with Crippen molar-refractivity contribution in [1.82, 2.24) is 10.3 Å². The van der Waals surface area contributed by atoms with Crippen LogP contribution < -0.4 is 5.32 Å². The Morgan fingerprint density at radius 3 is 3.00 bits per heavy atom. The number of pyridine rings is 1. The Morgan fingerprint density at radius 1 is 1.32 bits per heavy atom. The highest BCUT2D eigenvalue weighted by atomic mass is 16.1. The number of aromatic nitrogens is 1. The number of unbranched alkanes of at least 4 members (excludes halogenated alkanes) is 1. The van der Waals surface area contributed by atoms with Crippen LogP contribution in [0.5, 0.6) is 0 Å². The van der Waals surface area contributed by atoms with Gasteiger partial charge in [0.2, 0.25) is 5.91 Å². The van der Waals surface area contributed by atoms with Crippen LogP contribution in [0.3, 0.4) is 0 Å². The molecule has 98 valence electrons. The van der Waals surface area contributed by atoms with Crippen LogP contribution in [0.25, 0.3) is 17.0 Å². The molecule has 0 aliphatic rings. The maximum Gasteiger partial charge on any atom is 0.244 e. The molecule has 0 spiro atoms. The highest BCUT2D eigenvalue weighted by Crippen LogP contribution is 2.16. The van der Waals surface area contributed by atoms with Crippen molar-refractivity contribution in [2.24, 2.45) is 0 Å². The predicted molar refractivity (Wildman–Crippen MR) is 78.7 cm³/mol. The molecule has 0 saturated carbocycles. The molecule has 1 aromatic carbocycles. The molecular formula is C16H18N2O. The molecule has 1 amide bonds. The molecular weight excluding hydrogens is 236 g/mol. The summed E-state index contributed by atoms with van der Waals surface area (Å²) in [5, 5.41) is 3.94. The Labute approximate surface area is 113 Å². The minimum atomic E-state index is -0.0543. The number of amides is 1. The summed E-state index contributed by atoms with van der Waals surface area (Å²) < 4.78 is 0. The number of hydrogen-bond acceptors (Lipinski definition) is 2. The van der Waals surface area contributed by atoms with E-state index in [2.05, 4.69) is 17.2 Å². The largest absolute Gasteiger partial charge is 0.353 e. The molecule has 3 heteroatoms. The molecule has 19 heavy (non-hydrogen) atoms. The van der Waals surface area contributed by atoms with Crippen LogP contribution in [0.4, 0.5) is 0 Å². The molecule has 2 rings (SSSR count). The van der Waals surface area contributed by atoms with E-state index in [0.717, 1.165) is 35.9 Å². The number of rotatable bonds is 5. The number of carbonyl (C=O) groups excluding carboxylic acids is 1. The number of nitrogens with zero attached hydrogens (tertiary/aromatic N) is 1. The lowest BCUT2D eigenvalue weighted by Gasteiger charge is -2.01. The van der Waals surface area contributed by atoms with Crippen molar-refractivity contribution in [3.05, 3.63) is 48.2 Å². The first-order chi connectivity index (χ1) is 9.31. The third-order valence-electron chi connectivity index (χ3n) is 2.91. The lowest BCUT2D eigenvalue weighted by Crippen LogP contribution is -2.21. The van der Waals surface area contributed by atoms with Gasteiger partial charge in [-0.1, -0.05) is 37.6 Å². The van der Waals surface area contributed by atoms with Crippen LogP contribution in [-0.2, 0) is 4.79 Å². The zero-order valence-electron chi connectivity index (χ0n) is 11.1. The van der Waals surface area contributed by atoms with Gasteiger partial charge in [0.25, 0.3) is 0 Å². The number of fused-ring (bicyclic) bond motifs is 1. The minimum Gasteiger partial charge on any atom is -0.353 e. The Bertz CT molecular complexity index is 585. The zero-order chi connectivity index (χ0) is 13.5. The summed E-state index contributed by atoms with van der Waals surface area (Å²) in [5.74, 6) is -0.0543. The Kier molecular flexibility index (Phi) is 4.67. The first kappa shape index (κ1) is 13.3. The molecule has 0 fully saturated rings. The van der Waals surface area contributed by atoms with Crippen molar-refractivity contribution in [3.8, 4) is 0 Å². The Balaban J connectivity index is 2.10. The quantitative estimate of drug-likeness (QED) is 0.658. The summed E-state index contributed by atoms with van der Waals surface area (Å²) in [4.78, 5) is 16.0. The molecule has 0 atom stereocenters. The fourth-order valence-electron chi connectivity index (χ4n) is 1.88. The summed E-state index contributed by atoms with van der Waals surface area (Å²) in [7, 11) is 0. The highest BCUT2D eigenvalue weighted by Gasteiger charge is 1.99. The number of nitrogens with one attached hydrogen (secondary N) is 1. The van der Waals surface area contributed by atoms with Gasteiger partial charge in [-0.15, -0.1) is 0 Å².